The van der Waals surface area contributed by atoms with Crippen LogP contribution in [0.25, 0.3) is 0 Å². The van der Waals surface area contributed by atoms with E-state index in [1.165, 1.54) is 14.2 Å². The molecule has 0 fully saturated rings. The molecule has 0 atom stereocenters. The number of nitrogens with one attached hydrogen (secondary N) is 1. The normalized spacial score (nSPS) is 10.4. The van der Waals surface area contributed by atoms with E-state index in [0.717, 1.165) is 5.69 Å². The zero-order valence-corrected chi connectivity index (χ0v) is 14.4. The molecule has 0 aliphatic heterocycles. The monoisotopic (exact) mass is 368 g/mol. The van der Waals surface area contributed by atoms with Crippen molar-refractivity contribution in [2.24, 2.45) is 0 Å². The van der Waals surface area contributed by atoms with Crippen LogP contribution in [0, 0.1) is 6.92 Å². The van der Waals surface area contributed by atoms with Gasteiger partial charge in [-0.1, -0.05) is 0 Å². The molecule has 22 heavy (non-hydrogen) atoms. The Morgan fingerprint density at radius 1 is 1.36 bits per heavy atom. The van der Waals surface area contributed by atoms with Crippen molar-refractivity contribution < 1.29 is 14.3 Å². The molecule has 0 radical (unpaired) electrons. The minimum atomic E-state index is -0.292. The van der Waals surface area contributed by atoms with Crippen molar-refractivity contribution in [1.29, 1.82) is 0 Å². The summed E-state index contributed by atoms with van der Waals surface area (Å²) >= 11 is 3.40. The number of anilines is 1. The SMILES string of the molecule is CCn1nc(C)c(Br)c1C(=O)Nc1ccc(OC)nc1OC. The molecule has 1 amide bonds. The number of pyridine rings is 1. The minimum Gasteiger partial charge on any atom is -0.481 e. The van der Waals surface area contributed by atoms with Crippen molar-refractivity contribution in [3.8, 4) is 11.8 Å². The van der Waals surface area contributed by atoms with Crippen molar-refractivity contribution in [2.45, 2.75) is 20.4 Å². The predicted octanol–water partition coefficient (Wildman–Crippen LogP) is 2.64. The van der Waals surface area contributed by atoms with Crippen LogP contribution in [0.5, 0.6) is 11.8 Å². The highest BCUT2D eigenvalue weighted by Gasteiger charge is 2.21. The molecule has 2 aromatic rings. The molecule has 0 aliphatic carbocycles. The second-order valence-corrected chi connectivity index (χ2v) is 5.22. The van der Waals surface area contributed by atoms with Gasteiger partial charge in [-0.15, -0.1) is 0 Å². The van der Waals surface area contributed by atoms with Gasteiger partial charge in [0, 0.05) is 12.6 Å². The van der Waals surface area contributed by atoms with Gasteiger partial charge in [-0.05, 0) is 35.8 Å². The van der Waals surface area contributed by atoms with E-state index in [-0.39, 0.29) is 11.8 Å². The molecule has 2 heterocycles. The number of rotatable bonds is 5. The first-order chi connectivity index (χ1) is 10.5. The van der Waals surface area contributed by atoms with Crippen LogP contribution in [0.1, 0.15) is 23.1 Å². The van der Waals surface area contributed by atoms with E-state index < -0.39 is 0 Å². The van der Waals surface area contributed by atoms with Crippen LogP contribution in [0.4, 0.5) is 5.69 Å². The lowest BCUT2D eigenvalue weighted by Crippen LogP contribution is -2.18. The highest BCUT2D eigenvalue weighted by molar-refractivity contribution is 9.10. The zero-order chi connectivity index (χ0) is 16.3. The molecular weight excluding hydrogens is 352 g/mol. The van der Waals surface area contributed by atoms with Gasteiger partial charge >= 0.3 is 0 Å². The predicted molar refractivity (Wildman–Crippen MR) is 85.6 cm³/mol. The number of amides is 1. The van der Waals surface area contributed by atoms with E-state index in [4.69, 9.17) is 9.47 Å². The maximum atomic E-state index is 12.5. The van der Waals surface area contributed by atoms with E-state index in [1.54, 1.807) is 16.8 Å². The van der Waals surface area contributed by atoms with Crippen molar-refractivity contribution in [3.63, 3.8) is 0 Å². The molecule has 1 N–H and O–H groups in total. The first-order valence-corrected chi connectivity index (χ1v) is 7.44. The highest BCUT2D eigenvalue weighted by Crippen LogP contribution is 2.27. The van der Waals surface area contributed by atoms with Gasteiger partial charge < -0.3 is 14.8 Å². The Morgan fingerprint density at radius 2 is 2.09 bits per heavy atom. The summed E-state index contributed by atoms with van der Waals surface area (Å²) in [5, 5.41) is 7.09. The molecule has 0 spiro atoms. The van der Waals surface area contributed by atoms with Gasteiger partial charge in [-0.3, -0.25) is 9.48 Å². The lowest BCUT2D eigenvalue weighted by atomic mass is 10.3. The molecule has 2 rings (SSSR count). The first kappa shape index (κ1) is 16.3. The van der Waals surface area contributed by atoms with Crippen LogP contribution in [-0.4, -0.2) is 34.9 Å². The molecule has 0 bridgehead atoms. The summed E-state index contributed by atoms with van der Waals surface area (Å²) in [5.41, 5.74) is 1.67. The Hall–Kier alpha value is -2.09. The van der Waals surface area contributed by atoms with Crippen LogP contribution in [0.15, 0.2) is 16.6 Å². The maximum Gasteiger partial charge on any atom is 0.275 e. The Labute approximate surface area is 136 Å². The topological polar surface area (TPSA) is 78.3 Å². The van der Waals surface area contributed by atoms with E-state index in [9.17, 15) is 4.79 Å². The van der Waals surface area contributed by atoms with Crippen LogP contribution in [0.3, 0.4) is 0 Å². The molecule has 0 saturated heterocycles. The second-order valence-electron chi connectivity index (χ2n) is 4.43. The molecular formula is C14H17BrN4O3. The summed E-state index contributed by atoms with van der Waals surface area (Å²) in [6, 6.07) is 3.32. The Kier molecular flexibility index (Phi) is 5.02. The Morgan fingerprint density at radius 3 is 2.68 bits per heavy atom. The smallest absolute Gasteiger partial charge is 0.275 e. The first-order valence-electron chi connectivity index (χ1n) is 6.65. The summed E-state index contributed by atoms with van der Waals surface area (Å²) in [7, 11) is 2.99. The number of hydrogen-bond donors (Lipinski definition) is 1. The number of hydrogen-bond acceptors (Lipinski definition) is 5. The summed E-state index contributed by atoms with van der Waals surface area (Å²) in [6.45, 7) is 4.35. The quantitative estimate of drug-likeness (QED) is 0.877. The molecule has 2 aromatic heterocycles. The zero-order valence-electron chi connectivity index (χ0n) is 12.8. The van der Waals surface area contributed by atoms with Crippen molar-refractivity contribution in [3.05, 3.63) is 28.0 Å². The third-order valence-electron chi connectivity index (χ3n) is 3.05. The van der Waals surface area contributed by atoms with Crippen LogP contribution >= 0.6 is 15.9 Å². The van der Waals surface area contributed by atoms with E-state index >= 15 is 0 Å². The minimum absolute atomic E-state index is 0.281. The number of carbonyl (C=O) groups is 1. The Balaban J connectivity index is 2.33. The van der Waals surface area contributed by atoms with Crippen molar-refractivity contribution >= 4 is 27.5 Å². The van der Waals surface area contributed by atoms with Crippen LogP contribution < -0.4 is 14.8 Å². The second kappa shape index (κ2) is 6.78. The molecule has 8 heteroatoms. The van der Waals surface area contributed by atoms with Gasteiger partial charge in [0.2, 0.25) is 11.8 Å². The largest absolute Gasteiger partial charge is 0.481 e. The summed E-state index contributed by atoms with van der Waals surface area (Å²) in [6.07, 6.45) is 0. The van der Waals surface area contributed by atoms with Gasteiger partial charge in [0.15, 0.2) is 0 Å². The number of methoxy groups -OCH3 is 2. The maximum absolute atomic E-state index is 12.5. The number of carbonyl (C=O) groups excluding carboxylic acids is 1. The number of halogens is 1. The van der Waals surface area contributed by atoms with Crippen molar-refractivity contribution in [1.82, 2.24) is 14.8 Å². The average molecular weight is 369 g/mol. The van der Waals surface area contributed by atoms with Gasteiger partial charge in [0.05, 0.1) is 24.4 Å². The van der Waals surface area contributed by atoms with Gasteiger partial charge in [-0.2, -0.15) is 10.1 Å². The Bertz CT molecular complexity index is 700. The molecule has 0 aromatic carbocycles. The van der Waals surface area contributed by atoms with Crippen LogP contribution in [0.2, 0.25) is 0 Å². The molecule has 0 aliphatic rings. The van der Waals surface area contributed by atoms with Crippen molar-refractivity contribution in [2.75, 3.05) is 19.5 Å². The van der Waals surface area contributed by atoms with E-state index in [2.05, 4.69) is 31.3 Å². The number of ether oxygens (including phenoxy) is 2. The summed E-state index contributed by atoms with van der Waals surface area (Å²) < 4.78 is 12.5. The van der Waals surface area contributed by atoms with Gasteiger partial charge in [-0.25, -0.2) is 0 Å². The fourth-order valence-electron chi connectivity index (χ4n) is 1.97. The number of aromatic nitrogens is 3. The van der Waals surface area contributed by atoms with Crippen LogP contribution in [-0.2, 0) is 6.54 Å². The third kappa shape index (κ3) is 3.06. The molecule has 7 nitrogen and oxygen atoms in total. The highest BCUT2D eigenvalue weighted by atomic mass is 79.9. The fraction of sp³-hybridized carbons (Fsp3) is 0.357. The van der Waals surface area contributed by atoms with Gasteiger partial charge in [0.1, 0.15) is 11.4 Å². The lowest BCUT2D eigenvalue weighted by Gasteiger charge is -2.11. The standard InChI is InChI=1S/C14H17BrN4O3/c1-5-19-12(11(15)8(2)18-19)13(20)16-9-6-7-10(21-3)17-14(9)22-4/h6-7H,5H2,1-4H3,(H,16,20). The molecule has 0 unspecified atom stereocenters. The van der Waals surface area contributed by atoms with E-state index in [1.807, 2.05) is 13.8 Å². The summed E-state index contributed by atoms with van der Waals surface area (Å²) in [4.78, 5) is 16.7. The van der Waals surface area contributed by atoms with Gasteiger partial charge in [0.25, 0.3) is 5.91 Å². The number of nitrogens with zero attached hydrogens (tertiary/aromatic N) is 3. The summed E-state index contributed by atoms with van der Waals surface area (Å²) in [5.74, 6) is 0.396. The average Bonchev–Trinajstić information content (AvgIpc) is 2.82. The molecule has 118 valence electrons. The third-order valence-corrected chi connectivity index (χ3v) is 4.00. The fourth-order valence-corrected chi connectivity index (χ4v) is 2.44. The van der Waals surface area contributed by atoms with E-state index in [0.29, 0.717) is 28.3 Å². The number of aryl methyl sites for hydroxylation is 2. The molecule has 0 saturated carbocycles. The lowest BCUT2D eigenvalue weighted by molar-refractivity contribution is 0.101.